The first-order chi connectivity index (χ1) is 9.11. The van der Waals surface area contributed by atoms with Crippen LogP contribution in [-0.2, 0) is 0 Å². The zero-order valence-corrected chi connectivity index (χ0v) is 10.6. The smallest absolute Gasteiger partial charge is 0.339 e. The fraction of sp³-hybridized carbons (Fsp3) is 0.143. The van der Waals surface area contributed by atoms with Crippen LogP contribution in [0, 0.1) is 6.92 Å². The van der Waals surface area contributed by atoms with E-state index in [0.717, 1.165) is 5.56 Å². The molecule has 0 spiro atoms. The molecule has 0 saturated carbocycles. The monoisotopic (exact) mass is 259 g/mol. The van der Waals surface area contributed by atoms with Crippen molar-refractivity contribution in [2.75, 3.05) is 7.11 Å². The van der Waals surface area contributed by atoms with Crippen LogP contribution >= 0.6 is 0 Å². The number of carboxylic acids is 1. The fourth-order valence-electron chi connectivity index (χ4n) is 1.57. The Bertz CT molecular complexity index is 593. The first kappa shape index (κ1) is 12.9. The molecule has 0 bridgehead atoms. The molecule has 0 aliphatic rings. The number of para-hydroxylation sites is 1. The summed E-state index contributed by atoms with van der Waals surface area (Å²) >= 11 is 0. The average Bonchev–Trinajstić information content (AvgIpc) is 2.41. The second kappa shape index (κ2) is 5.39. The predicted octanol–water partition coefficient (Wildman–Crippen LogP) is 2.89. The van der Waals surface area contributed by atoms with Gasteiger partial charge in [0.1, 0.15) is 5.56 Å². The van der Waals surface area contributed by atoms with Crippen LogP contribution in [0.15, 0.2) is 36.5 Å². The second-order valence-corrected chi connectivity index (χ2v) is 3.92. The van der Waals surface area contributed by atoms with E-state index in [-0.39, 0.29) is 11.3 Å². The van der Waals surface area contributed by atoms with E-state index in [0.29, 0.717) is 11.6 Å². The van der Waals surface area contributed by atoms with E-state index in [1.165, 1.54) is 13.2 Å². The van der Waals surface area contributed by atoms with Crippen LogP contribution in [0.1, 0.15) is 15.9 Å². The number of aromatic nitrogens is 1. The van der Waals surface area contributed by atoms with E-state index in [2.05, 4.69) is 4.98 Å². The minimum Gasteiger partial charge on any atom is -0.493 e. The highest BCUT2D eigenvalue weighted by molar-refractivity contribution is 5.92. The number of carbonyl (C=O) groups is 1. The summed E-state index contributed by atoms with van der Waals surface area (Å²) in [6.07, 6.45) is 1.64. The van der Waals surface area contributed by atoms with Crippen molar-refractivity contribution < 1.29 is 19.4 Å². The Kier molecular flexibility index (Phi) is 3.66. The molecule has 1 aromatic carbocycles. The molecular weight excluding hydrogens is 246 g/mol. The SMILES string of the molecule is COc1cccc(C(=O)O)c1Oc1ccc(C)cn1. The molecule has 1 N–H and O–H groups in total. The van der Waals surface area contributed by atoms with E-state index in [1.807, 2.05) is 13.0 Å². The summed E-state index contributed by atoms with van der Waals surface area (Å²) in [4.78, 5) is 15.3. The molecular formula is C14H13NO4. The maximum absolute atomic E-state index is 11.2. The summed E-state index contributed by atoms with van der Waals surface area (Å²) < 4.78 is 10.6. The molecule has 1 heterocycles. The molecule has 5 heteroatoms. The maximum atomic E-state index is 11.2. The first-order valence-corrected chi connectivity index (χ1v) is 5.62. The van der Waals surface area contributed by atoms with E-state index in [1.54, 1.807) is 24.4 Å². The van der Waals surface area contributed by atoms with E-state index < -0.39 is 5.97 Å². The predicted molar refractivity (Wildman–Crippen MR) is 69.0 cm³/mol. The molecule has 0 aliphatic carbocycles. The molecule has 0 aliphatic heterocycles. The maximum Gasteiger partial charge on any atom is 0.339 e. The number of nitrogens with zero attached hydrogens (tertiary/aromatic N) is 1. The first-order valence-electron chi connectivity index (χ1n) is 5.62. The topological polar surface area (TPSA) is 68.7 Å². The molecule has 2 rings (SSSR count). The molecule has 0 radical (unpaired) electrons. The summed E-state index contributed by atoms with van der Waals surface area (Å²) in [6, 6.07) is 8.19. The highest BCUT2D eigenvalue weighted by Crippen LogP contribution is 2.34. The van der Waals surface area contributed by atoms with Crippen molar-refractivity contribution in [3.05, 3.63) is 47.7 Å². The quantitative estimate of drug-likeness (QED) is 0.914. The van der Waals surface area contributed by atoms with Gasteiger partial charge in [-0.25, -0.2) is 9.78 Å². The molecule has 5 nitrogen and oxygen atoms in total. The van der Waals surface area contributed by atoms with Gasteiger partial charge in [0.05, 0.1) is 7.11 Å². The number of rotatable bonds is 4. The van der Waals surface area contributed by atoms with Gasteiger partial charge in [-0.2, -0.15) is 0 Å². The number of hydrogen-bond donors (Lipinski definition) is 1. The second-order valence-electron chi connectivity index (χ2n) is 3.92. The summed E-state index contributed by atoms with van der Waals surface area (Å²) in [6.45, 7) is 1.91. The van der Waals surface area contributed by atoms with Crippen molar-refractivity contribution in [1.82, 2.24) is 4.98 Å². The van der Waals surface area contributed by atoms with Gasteiger partial charge in [0.25, 0.3) is 0 Å². The summed E-state index contributed by atoms with van der Waals surface area (Å²) in [5.41, 5.74) is 1.02. The average molecular weight is 259 g/mol. The lowest BCUT2D eigenvalue weighted by Gasteiger charge is -2.12. The highest BCUT2D eigenvalue weighted by Gasteiger charge is 2.17. The lowest BCUT2D eigenvalue weighted by atomic mass is 10.2. The zero-order valence-electron chi connectivity index (χ0n) is 10.6. The van der Waals surface area contributed by atoms with Gasteiger partial charge in [0.2, 0.25) is 5.88 Å². The van der Waals surface area contributed by atoms with Crippen LogP contribution < -0.4 is 9.47 Å². The number of ether oxygens (including phenoxy) is 2. The number of aromatic carboxylic acids is 1. The van der Waals surface area contributed by atoms with Gasteiger partial charge in [-0.3, -0.25) is 0 Å². The number of methoxy groups -OCH3 is 1. The summed E-state index contributed by atoms with van der Waals surface area (Å²) in [5, 5.41) is 9.15. The molecule has 0 saturated heterocycles. The van der Waals surface area contributed by atoms with Crippen LogP contribution in [0.3, 0.4) is 0 Å². The Morgan fingerprint density at radius 3 is 2.63 bits per heavy atom. The van der Waals surface area contributed by atoms with Gasteiger partial charge in [0.15, 0.2) is 11.5 Å². The third kappa shape index (κ3) is 2.82. The fourth-order valence-corrected chi connectivity index (χ4v) is 1.57. The van der Waals surface area contributed by atoms with Gasteiger partial charge in [-0.05, 0) is 24.6 Å². The lowest BCUT2D eigenvalue weighted by Crippen LogP contribution is -2.02. The number of hydrogen-bond acceptors (Lipinski definition) is 4. The van der Waals surface area contributed by atoms with Crippen LogP contribution in [0.4, 0.5) is 0 Å². The Labute approximate surface area is 110 Å². The van der Waals surface area contributed by atoms with Crippen LogP contribution in [0.5, 0.6) is 17.4 Å². The van der Waals surface area contributed by atoms with Crippen LogP contribution in [0.25, 0.3) is 0 Å². The van der Waals surface area contributed by atoms with E-state index in [9.17, 15) is 4.79 Å². The van der Waals surface area contributed by atoms with Crippen molar-refractivity contribution in [2.45, 2.75) is 6.92 Å². The third-order valence-corrected chi connectivity index (χ3v) is 2.52. The molecule has 19 heavy (non-hydrogen) atoms. The molecule has 1 aromatic heterocycles. The Morgan fingerprint density at radius 1 is 1.26 bits per heavy atom. The van der Waals surface area contributed by atoms with Crippen molar-refractivity contribution >= 4 is 5.97 Å². The summed E-state index contributed by atoms with van der Waals surface area (Å²) in [5.74, 6) is -0.269. The standard InChI is InChI=1S/C14H13NO4/c1-9-6-7-12(15-8-9)19-13-10(14(16)17)4-3-5-11(13)18-2/h3-8H,1-2H3,(H,16,17). The minimum atomic E-state index is -1.08. The van der Waals surface area contributed by atoms with E-state index in [4.69, 9.17) is 14.6 Å². The number of pyridine rings is 1. The Balaban J connectivity index is 2.42. The van der Waals surface area contributed by atoms with Crippen LogP contribution in [-0.4, -0.2) is 23.2 Å². The molecule has 0 amide bonds. The minimum absolute atomic E-state index is 0.0294. The molecule has 0 atom stereocenters. The molecule has 0 unspecified atom stereocenters. The molecule has 0 fully saturated rings. The van der Waals surface area contributed by atoms with Gasteiger partial charge >= 0.3 is 5.97 Å². The van der Waals surface area contributed by atoms with Gasteiger partial charge < -0.3 is 14.6 Å². The highest BCUT2D eigenvalue weighted by atomic mass is 16.5. The largest absolute Gasteiger partial charge is 0.493 e. The third-order valence-electron chi connectivity index (χ3n) is 2.52. The van der Waals surface area contributed by atoms with Crippen molar-refractivity contribution in [3.63, 3.8) is 0 Å². The van der Waals surface area contributed by atoms with Gasteiger partial charge in [-0.15, -0.1) is 0 Å². The normalized spacial score (nSPS) is 10.0. The number of benzene rings is 1. The Morgan fingerprint density at radius 2 is 2.05 bits per heavy atom. The molecule has 2 aromatic rings. The van der Waals surface area contributed by atoms with E-state index >= 15 is 0 Å². The van der Waals surface area contributed by atoms with Crippen LogP contribution in [0.2, 0.25) is 0 Å². The number of carboxylic acid groups (broad SMARTS) is 1. The lowest BCUT2D eigenvalue weighted by molar-refractivity contribution is 0.0693. The van der Waals surface area contributed by atoms with Gasteiger partial charge in [0, 0.05) is 12.3 Å². The van der Waals surface area contributed by atoms with Crippen molar-refractivity contribution in [2.24, 2.45) is 0 Å². The number of aryl methyl sites for hydroxylation is 1. The van der Waals surface area contributed by atoms with Gasteiger partial charge in [-0.1, -0.05) is 12.1 Å². The van der Waals surface area contributed by atoms with Crippen molar-refractivity contribution in [1.29, 1.82) is 0 Å². The molecule has 98 valence electrons. The Hall–Kier alpha value is -2.56. The van der Waals surface area contributed by atoms with Crippen molar-refractivity contribution in [3.8, 4) is 17.4 Å². The summed E-state index contributed by atoms with van der Waals surface area (Å²) in [7, 11) is 1.45. The zero-order chi connectivity index (χ0) is 13.8.